The van der Waals surface area contributed by atoms with Gasteiger partial charge in [0.25, 0.3) is 0 Å². The fraction of sp³-hybridized carbons (Fsp3) is 0. The van der Waals surface area contributed by atoms with Gasteiger partial charge in [0.15, 0.2) is 0 Å². The van der Waals surface area contributed by atoms with Crippen LogP contribution in [0.4, 0.5) is 0 Å². The molecule has 0 aromatic carbocycles. The van der Waals surface area contributed by atoms with Crippen molar-refractivity contribution in [2.75, 3.05) is 0 Å². The van der Waals surface area contributed by atoms with Gasteiger partial charge in [-0.25, -0.2) is 5.16 Å². The normalized spacial score (nSPS) is 3.00. The topological polar surface area (TPSA) is 37.0 Å². The first-order valence-corrected chi connectivity index (χ1v) is 0.558. The van der Waals surface area contributed by atoms with Crippen LogP contribution in [0, 0.1) is 5.21 Å². The highest BCUT2D eigenvalue weighted by Crippen LogP contribution is 0.690. The van der Waals surface area contributed by atoms with Gasteiger partial charge in [-0.1, -0.05) is 0 Å². The Morgan fingerprint density at radius 1 is 1.75 bits per heavy atom. The first-order chi connectivity index (χ1) is 1.41. The summed E-state index contributed by atoms with van der Waals surface area (Å²) >= 11 is 0. The number of hydrogen-bond donors (Lipinski definition) is 1. The molecule has 4 heavy (non-hydrogen) atoms. The molecule has 0 atom stereocenters. The minimum Gasteiger partial charge on any atom is -0.626 e. The van der Waals surface area contributed by atoms with Gasteiger partial charge in [-0.2, -0.15) is 0 Å². The van der Waals surface area contributed by atoms with Crippen molar-refractivity contribution in [3.63, 3.8) is 0 Å². The molecule has 0 radical (unpaired) electrons. The highest BCUT2D eigenvalue weighted by atomic mass is 35.5. The van der Waals surface area contributed by atoms with Gasteiger partial charge in [-0.3, -0.25) is 0 Å². The summed E-state index contributed by atoms with van der Waals surface area (Å²) in [7, 11) is 0. The predicted octanol–water partition coefficient (Wildman–Crippen LogP) is -1.31. The minimum absolute atomic E-state index is 0. The number of nitrogens with one attached hydrogen (secondary N) is 1. The molecule has 0 saturated carbocycles. The first-order valence-electron chi connectivity index (χ1n) is 0.558. The van der Waals surface area contributed by atoms with Crippen molar-refractivity contribution in [1.29, 1.82) is 0 Å². The van der Waals surface area contributed by atoms with E-state index in [9.17, 15) is 0 Å². The summed E-state index contributed by atoms with van der Waals surface area (Å²) in [5.41, 5.74) is 0. The summed E-state index contributed by atoms with van der Waals surface area (Å²) in [6, 6.07) is 0. The van der Waals surface area contributed by atoms with Gasteiger partial charge in [-0.15, -0.1) is 12.4 Å². The third-order valence-corrected chi connectivity index (χ3v) is 0. The van der Waals surface area contributed by atoms with Crippen LogP contribution in [-0.2, 0) is 0 Å². The zero-order valence-corrected chi connectivity index (χ0v) is 2.84. The maximum absolute atomic E-state index is 8.57. The predicted molar refractivity (Wildman–Crippen MR) is 18.7 cm³/mol. The van der Waals surface area contributed by atoms with E-state index in [1.807, 2.05) is 0 Å². The molecule has 0 fully saturated rings. The van der Waals surface area contributed by atoms with Gasteiger partial charge in [-0.05, 0) is 0 Å². The molecule has 0 rings (SSSR count). The smallest absolute Gasteiger partial charge is 0.136 e. The Balaban J connectivity index is 0. The SMILES string of the molecule is C=[NH+][O-].Cl. The van der Waals surface area contributed by atoms with Crippen molar-refractivity contribution in [2.45, 2.75) is 0 Å². The highest BCUT2D eigenvalue weighted by molar-refractivity contribution is 5.85. The molecule has 0 saturated heterocycles. The number of rotatable bonds is 0. The summed E-state index contributed by atoms with van der Waals surface area (Å²) in [5, 5.41) is 9.82. The lowest BCUT2D eigenvalue weighted by molar-refractivity contribution is -0.361. The van der Waals surface area contributed by atoms with Crippen LogP contribution in [0.2, 0.25) is 0 Å². The van der Waals surface area contributed by atoms with Crippen molar-refractivity contribution in [1.82, 2.24) is 0 Å². The van der Waals surface area contributed by atoms with Crippen molar-refractivity contribution in [3.8, 4) is 0 Å². The van der Waals surface area contributed by atoms with Gasteiger partial charge in [0.05, 0.1) is 0 Å². The van der Waals surface area contributed by atoms with Crippen LogP contribution >= 0.6 is 12.4 Å². The average Bonchev–Trinajstić information content (AvgIpc) is 0.918. The maximum atomic E-state index is 8.57. The van der Waals surface area contributed by atoms with Gasteiger partial charge in [0, 0.05) is 0 Å². The molecule has 0 amide bonds. The second-order valence-corrected chi connectivity index (χ2v) is 0.144. The van der Waals surface area contributed by atoms with Crippen molar-refractivity contribution < 1.29 is 5.16 Å². The Bertz CT molecular complexity index is 15.5. The van der Waals surface area contributed by atoms with Crippen LogP contribution in [0.25, 0.3) is 0 Å². The molecule has 3 heteroatoms. The van der Waals surface area contributed by atoms with Crippen molar-refractivity contribution >= 4 is 19.1 Å². The lowest BCUT2D eigenvalue weighted by atomic mass is 11.8. The molecule has 0 heterocycles. The molecule has 0 spiro atoms. The van der Waals surface area contributed by atoms with E-state index in [0.717, 1.165) is 0 Å². The minimum atomic E-state index is 0. The standard InChI is InChI=1S/CH3NO.ClH/c1-2-3;/h2H,1H2;1H. The van der Waals surface area contributed by atoms with Gasteiger partial charge < -0.3 is 5.21 Å². The van der Waals surface area contributed by atoms with Crippen LogP contribution < -0.4 is 5.16 Å². The molecule has 2 nitrogen and oxygen atoms in total. The molecule has 0 aliphatic heterocycles. The van der Waals surface area contributed by atoms with E-state index in [4.69, 9.17) is 5.21 Å². The quantitative estimate of drug-likeness (QED) is 0.219. The van der Waals surface area contributed by atoms with Crippen LogP contribution in [-0.4, -0.2) is 6.72 Å². The van der Waals surface area contributed by atoms with E-state index in [0.29, 0.717) is 0 Å². The summed E-state index contributed by atoms with van der Waals surface area (Å²) < 4.78 is 0. The van der Waals surface area contributed by atoms with E-state index in [1.54, 1.807) is 0 Å². The van der Waals surface area contributed by atoms with E-state index < -0.39 is 0 Å². The van der Waals surface area contributed by atoms with E-state index in [-0.39, 0.29) is 12.4 Å². The lowest BCUT2D eigenvalue weighted by Gasteiger charge is -1.58. The molecule has 0 aliphatic rings. The van der Waals surface area contributed by atoms with Crippen LogP contribution in [0.15, 0.2) is 0 Å². The summed E-state index contributed by atoms with van der Waals surface area (Å²) in [6.45, 7) is 2.68. The Hall–Kier alpha value is -0.240. The summed E-state index contributed by atoms with van der Waals surface area (Å²) in [5.74, 6) is 0. The number of halogens is 1. The average molecular weight is 81.5 g/mol. The molecule has 0 bridgehead atoms. The van der Waals surface area contributed by atoms with E-state index in [1.165, 1.54) is 5.16 Å². The monoisotopic (exact) mass is 81.0 g/mol. The Kier molecular flexibility index (Phi) is 34.2. The molecule has 0 aromatic rings. The van der Waals surface area contributed by atoms with Gasteiger partial charge >= 0.3 is 0 Å². The van der Waals surface area contributed by atoms with E-state index >= 15 is 0 Å². The van der Waals surface area contributed by atoms with Crippen LogP contribution in [0.5, 0.6) is 0 Å². The molecule has 26 valence electrons. The molecule has 0 aliphatic carbocycles. The number of hydrogen-bond acceptors (Lipinski definition) is 1. The highest BCUT2D eigenvalue weighted by Gasteiger charge is 0.981. The third kappa shape index (κ3) is 17.6. The van der Waals surface area contributed by atoms with Crippen LogP contribution in [0.3, 0.4) is 0 Å². The third-order valence-electron chi connectivity index (χ3n) is 0. The molecular weight excluding hydrogens is 77.5 g/mol. The first kappa shape index (κ1) is 9.25. The van der Waals surface area contributed by atoms with Gasteiger partial charge in [0.2, 0.25) is 0 Å². The Morgan fingerprint density at radius 3 is 1.75 bits per heavy atom. The van der Waals surface area contributed by atoms with Crippen molar-refractivity contribution in [2.24, 2.45) is 0 Å². The zero-order valence-electron chi connectivity index (χ0n) is 2.02. The molecule has 0 unspecified atom stereocenters. The van der Waals surface area contributed by atoms with Crippen LogP contribution in [0.1, 0.15) is 0 Å². The fourth-order valence-corrected chi connectivity index (χ4v) is 0. The van der Waals surface area contributed by atoms with Crippen molar-refractivity contribution in [3.05, 3.63) is 5.21 Å². The summed E-state index contributed by atoms with van der Waals surface area (Å²) in [4.78, 5) is 0. The molecular formula is CH4ClNO. The molecule has 0 aromatic heterocycles. The Morgan fingerprint density at radius 2 is 1.75 bits per heavy atom. The fourth-order valence-electron chi connectivity index (χ4n) is 0. The second kappa shape index (κ2) is 14.8. The molecule has 1 N–H and O–H groups in total. The summed E-state index contributed by atoms with van der Waals surface area (Å²) in [6.07, 6.45) is 0. The Labute approximate surface area is 30.5 Å². The second-order valence-electron chi connectivity index (χ2n) is 0.144. The largest absolute Gasteiger partial charge is 0.626 e. The lowest BCUT2D eigenvalue weighted by Crippen LogP contribution is -2.56. The van der Waals surface area contributed by atoms with E-state index in [2.05, 4.69) is 6.72 Å². The maximum Gasteiger partial charge on any atom is 0.136 e. The van der Waals surface area contributed by atoms with Gasteiger partial charge in [0.1, 0.15) is 6.72 Å². The zero-order chi connectivity index (χ0) is 2.71.